The first-order chi connectivity index (χ1) is 8.87. The maximum absolute atomic E-state index is 11.9. The van der Waals surface area contributed by atoms with Crippen LogP contribution >= 0.6 is 0 Å². The van der Waals surface area contributed by atoms with Crippen LogP contribution in [0.3, 0.4) is 0 Å². The van der Waals surface area contributed by atoms with E-state index < -0.39 is 21.0 Å². The van der Waals surface area contributed by atoms with Gasteiger partial charge in [0.25, 0.3) is 0 Å². The van der Waals surface area contributed by atoms with Crippen molar-refractivity contribution in [3.8, 4) is 0 Å². The highest BCUT2D eigenvalue weighted by molar-refractivity contribution is 7.92. The summed E-state index contributed by atoms with van der Waals surface area (Å²) in [7, 11) is -3.31. The van der Waals surface area contributed by atoms with E-state index >= 15 is 0 Å². The topological polar surface area (TPSA) is 72.5 Å². The molecular formula is C13H25NO4S. The Hall–Kier alpha value is -0.620. The van der Waals surface area contributed by atoms with Gasteiger partial charge < -0.3 is 10.1 Å². The van der Waals surface area contributed by atoms with Gasteiger partial charge in [-0.1, -0.05) is 13.3 Å². The van der Waals surface area contributed by atoms with Crippen molar-refractivity contribution < 1.29 is 17.9 Å². The van der Waals surface area contributed by atoms with Crippen LogP contribution in [0.25, 0.3) is 0 Å². The Balaban J connectivity index is 2.49. The van der Waals surface area contributed by atoms with Crippen LogP contribution in [0, 0.1) is 5.41 Å². The van der Waals surface area contributed by atoms with E-state index in [1.807, 2.05) is 6.92 Å². The van der Waals surface area contributed by atoms with E-state index in [1.165, 1.54) is 6.92 Å². The number of rotatable bonds is 8. The van der Waals surface area contributed by atoms with Gasteiger partial charge in [0.05, 0.1) is 6.61 Å². The van der Waals surface area contributed by atoms with E-state index in [1.54, 1.807) is 6.92 Å². The molecule has 112 valence electrons. The zero-order valence-corrected chi connectivity index (χ0v) is 12.9. The van der Waals surface area contributed by atoms with Crippen LogP contribution in [0.1, 0.15) is 40.0 Å². The minimum absolute atomic E-state index is 0.00826. The second-order valence-corrected chi connectivity index (χ2v) is 7.91. The average Bonchev–Trinajstić information content (AvgIpc) is 2.35. The Morgan fingerprint density at radius 3 is 2.42 bits per heavy atom. The van der Waals surface area contributed by atoms with Crippen molar-refractivity contribution in [2.45, 2.75) is 45.3 Å². The Morgan fingerprint density at radius 1 is 1.37 bits per heavy atom. The molecule has 6 heteroatoms. The van der Waals surface area contributed by atoms with Gasteiger partial charge in [-0.3, -0.25) is 4.79 Å². The Labute approximate surface area is 116 Å². The molecule has 0 aromatic heterocycles. The Morgan fingerprint density at radius 2 is 2.00 bits per heavy atom. The van der Waals surface area contributed by atoms with E-state index in [-0.39, 0.29) is 11.2 Å². The van der Waals surface area contributed by atoms with Gasteiger partial charge in [-0.05, 0) is 26.7 Å². The first-order valence-corrected chi connectivity index (χ1v) is 8.65. The number of hydrogen-bond donors (Lipinski definition) is 1. The number of carbonyl (C=O) groups excluding carboxylic acids is 1. The van der Waals surface area contributed by atoms with Crippen molar-refractivity contribution in [1.82, 2.24) is 5.32 Å². The van der Waals surface area contributed by atoms with Crippen LogP contribution in [0.2, 0.25) is 0 Å². The first kappa shape index (κ1) is 16.4. The third-order valence-electron chi connectivity index (χ3n) is 3.97. The summed E-state index contributed by atoms with van der Waals surface area (Å²) in [6.07, 6.45) is 3.20. The average molecular weight is 291 g/mol. The molecule has 1 N–H and O–H groups in total. The summed E-state index contributed by atoms with van der Waals surface area (Å²) in [5.41, 5.74) is 0.0152. The van der Waals surface area contributed by atoms with Gasteiger partial charge in [0.1, 0.15) is 5.25 Å². The normalized spacial score (nSPS) is 19.5. The van der Waals surface area contributed by atoms with Crippen molar-refractivity contribution in [1.29, 1.82) is 0 Å². The number of sulfone groups is 1. The second kappa shape index (κ2) is 6.70. The molecule has 1 aliphatic carbocycles. The molecule has 19 heavy (non-hydrogen) atoms. The van der Waals surface area contributed by atoms with Crippen molar-refractivity contribution in [2.24, 2.45) is 5.41 Å². The van der Waals surface area contributed by atoms with Crippen LogP contribution in [0.5, 0.6) is 0 Å². The standard InChI is InChI=1S/C13H25NO4S/c1-4-18-10-13(7-6-8-13)9-14-12(15)11(3)19(16,17)5-2/h11H,4-10H2,1-3H3,(H,14,15)/t11-/m0/s1. The van der Waals surface area contributed by atoms with Gasteiger partial charge in [-0.25, -0.2) is 8.42 Å². The van der Waals surface area contributed by atoms with Gasteiger partial charge in [0, 0.05) is 24.3 Å². The molecule has 1 aliphatic rings. The number of hydrogen-bond acceptors (Lipinski definition) is 4. The fourth-order valence-electron chi connectivity index (χ4n) is 2.20. The number of nitrogens with one attached hydrogen (secondary N) is 1. The molecular weight excluding hydrogens is 266 g/mol. The number of amides is 1. The lowest BCUT2D eigenvalue weighted by Gasteiger charge is -2.41. The van der Waals surface area contributed by atoms with Gasteiger partial charge in [-0.2, -0.15) is 0 Å². The lowest BCUT2D eigenvalue weighted by molar-refractivity contribution is -0.121. The molecule has 0 aliphatic heterocycles. The molecule has 1 fully saturated rings. The minimum Gasteiger partial charge on any atom is -0.381 e. The summed E-state index contributed by atoms with van der Waals surface area (Å²) in [6, 6.07) is 0. The fraction of sp³-hybridized carbons (Fsp3) is 0.923. The van der Waals surface area contributed by atoms with Gasteiger partial charge in [0.15, 0.2) is 9.84 Å². The maximum atomic E-state index is 11.9. The summed E-state index contributed by atoms with van der Waals surface area (Å²) in [4.78, 5) is 11.9. The Bertz CT molecular complexity index is 401. The van der Waals surface area contributed by atoms with Crippen molar-refractivity contribution in [3.63, 3.8) is 0 Å². The third kappa shape index (κ3) is 4.18. The molecule has 0 unspecified atom stereocenters. The van der Waals surface area contributed by atoms with E-state index in [0.717, 1.165) is 19.3 Å². The molecule has 1 amide bonds. The summed E-state index contributed by atoms with van der Waals surface area (Å²) in [5, 5.41) is 1.81. The molecule has 1 saturated carbocycles. The van der Waals surface area contributed by atoms with Crippen molar-refractivity contribution >= 4 is 15.7 Å². The monoisotopic (exact) mass is 291 g/mol. The smallest absolute Gasteiger partial charge is 0.238 e. The third-order valence-corrected chi connectivity index (χ3v) is 6.07. The quantitative estimate of drug-likeness (QED) is 0.727. The second-order valence-electron chi connectivity index (χ2n) is 5.30. The van der Waals surface area contributed by atoms with E-state index in [4.69, 9.17) is 4.74 Å². The Kier molecular flexibility index (Phi) is 5.80. The number of carbonyl (C=O) groups is 1. The van der Waals surface area contributed by atoms with Gasteiger partial charge in [-0.15, -0.1) is 0 Å². The van der Waals surface area contributed by atoms with Gasteiger partial charge in [0.2, 0.25) is 5.91 Å². The molecule has 1 atom stereocenters. The zero-order chi connectivity index (χ0) is 14.5. The lowest BCUT2D eigenvalue weighted by Crippen LogP contribution is -2.48. The fourth-order valence-corrected chi connectivity index (χ4v) is 3.11. The van der Waals surface area contributed by atoms with E-state index in [0.29, 0.717) is 19.8 Å². The molecule has 0 radical (unpaired) electrons. The van der Waals surface area contributed by atoms with E-state index in [9.17, 15) is 13.2 Å². The van der Waals surface area contributed by atoms with Crippen LogP contribution < -0.4 is 5.32 Å². The molecule has 0 saturated heterocycles. The highest BCUT2D eigenvalue weighted by atomic mass is 32.2. The molecule has 0 bridgehead atoms. The maximum Gasteiger partial charge on any atom is 0.238 e. The molecule has 5 nitrogen and oxygen atoms in total. The van der Waals surface area contributed by atoms with Gasteiger partial charge >= 0.3 is 0 Å². The highest BCUT2D eigenvalue weighted by Crippen LogP contribution is 2.40. The summed E-state index contributed by atoms with van der Waals surface area (Å²) in [6.45, 7) is 6.76. The summed E-state index contributed by atoms with van der Waals surface area (Å²) in [5.74, 6) is -0.407. The summed E-state index contributed by atoms with van der Waals surface area (Å²) >= 11 is 0. The van der Waals surface area contributed by atoms with E-state index in [2.05, 4.69) is 5.32 Å². The summed E-state index contributed by atoms with van der Waals surface area (Å²) < 4.78 is 28.7. The molecule has 0 heterocycles. The predicted octanol–water partition coefficient (Wildman–Crippen LogP) is 1.13. The molecule has 0 aromatic rings. The lowest BCUT2D eigenvalue weighted by atomic mass is 9.69. The molecule has 0 aromatic carbocycles. The first-order valence-electron chi connectivity index (χ1n) is 6.94. The van der Waals surface area contributed by atoms with Crippen molar-refractivity contribution in [3.05, 3.63) is 0 Å². The van der Waals surface area contributed by atoms with Crippen LogP contribution in [-0.4, -0.2) is 45.1 Å². The predicted molar refractivity (Wildman–Crippen MR) is 74.7 cm³/mol. The largest absolute Gasteiger partial charge is 0.381 e. The molecule has 1 rings (SSSR count). The minimum atomic E-state index is -3.31. The van der Waals surface area contributed by atoms with Crippen LogP contribution in [0.15, 0.2) is 0 Å². The zero-order valence-electron chi connectivity index (χ0n) is 12.1. The highest BCUT2D eigenvalue weighted by Gasteiger charge is 2.38. The SMILES string of the molecule is CCOCC1(CNC(=O)[C@H](C)S(=O)(=O)CC)CCC1. The van der Waals surface area contributed by atoms with Crippen LogP contribution in [0.4, 0.5) is 0 Å². The molecule has 0 spiro atoms. The number of ether oxygens (including phenoxy) is 1. The van der Waals surface area contributed by atoms with Crippen LogP contribution in [-0.2, 0) is 19.4 Å². The van der Waals surface area contributed by atoms with Crippen molar-refractivity contribution in [2.75, 3.05) is 25.5 Å².